The third-order valence-electron chi connectivity index (χ3n) is 3.51. The molecule has 1 aromatic rings. The summed E-state index contributed by atoms with van der Waals surface area (Å²) >= 11 is 1.32. The van der Waals surface area contributed by atoms with Crippen LogP contribution in [0.5, 0.6) is 0 Å². The average Bonchev–Trinajstić information content (AvgIpc) is 2.72. The molecule has 1 aliphatic heterocycles. The van der Waals surface area contributed by atoms with Gasteiger partial charge in [-0.05, 0) is 25.8 Å². The fourth-order valence-corrected chi connectivity index (χ4v) is 3.53. The zero-order valence-electron chi connectivity index (χ0n) is 12.6. The Hall–Kier alpha value is -1.40. The Kier molecular flexibility index (Phi) is 4.68. The highest BCUT2D eigenvalue weighted by Gasteiger charge is 2.33. The molecule has 1 aliphatic rings. The molecule has 2 heterocycles. The standard InChI is InChI=1S/C15H21NO4S/c1-4-5-6-11(17)16-13-12(14(18)19)9-7-15(2,3)20-8-10(9)21-13/h4-8H2,1-3H3,(H,16,17)(H,18,19). The first-order chi connectivity index (χ1) is 9.84. The number of unbranched alkanes of at least 4 members (excludes halogenated alkanes) is 1. The molecule has 21 heavy (non-hydrogen) atoms. The summed E-state index contributed by atoms with van der Waals surface area (Å²) in [6, 6.07) is 0. The van der Waals surface area contributed by atoms with Gasteiger partial charge in [0.15, 0.2) is 0 Å². The molecule has 0 saturated heterocycles. The highest BCUT2D eigenvalue weighted by molar-refractivity contribution is 7.17. The summed E-state index contributed by atoms with van der Waals surface area (Å²) in [6.07, 6.45) is 2.70. The first kappa shape index (κ1) is 16.0. The Morgan fingerprint density at radius 2 is 2.14 bits per heavy atom. The van der Waals surface area contributed by atoms with E-state index in [9.17, 15) is 14.7 Å². The van der Waals surface area contributed by atoms with Crippen LogP contribution >= 0.6 is 11.3 Å². The topological polar surface area (TPSA) is 75.6 Å². The highest BCUT2D eigenvalue weighted by atomic mass is 32.1. The number of carbonyl (C=O) groups excluding carboxylic acids is 1. The van der Waals surface area contributed by atoms with Gasteiger partial charge in [-0.1, -0.05) is 13.3 Å². The summed E-state index contributed by atoms with van der Waals surface area (Å²) in [4.78, 5) is 24.3. The lowest BCUT2D eigenvalue weighted by Gasteiger charge is -2.30. The quantitative estimate of drug-likeness (QED) is 0.873. The molecule has 0 fully saturated rings. The van der Waals surface area contributed by atoms with Gasteiger partial charge in [0.05, 0.1) is 17.8 Å². The van der Waals surface area contributed by atoms with Crippen LogP contribution in [0.4, 0.5) is 5.00 Å². The number of hydrogen-bond donors (Lipinski definition) is 2. The molecule has 0 unspecified atom stereocenters. The molecule has 2 N–H and O–H groups in total. The van der Waals surface area contributed by atoms with Crippen molar-refractivity contribution in [1.82, 2.24) is 0 Å². The van der Waals surface area contributed by atoms with Crippen LogP contribution < -0.4 is 5.32 Å². The molecular formula is C15H21NO4S. The van der Waals surface area contributed by atoms with Gasteiger partial charge in [-0.25, -0.2) is 4.79 Å². The number of hydrogen-bond acceptors (Lipinski definition) is 4. The Morgan fingerprint density at radius 1 is 1.43 bits per heavy atom. The van der Waals surface area contributed by atoms with E-state index < -0.39 is 5.97 Å². The number of fused-ring (bicyclic) bond motifs is 1. The first-order valence-electron chi connectivity index (χ1n) is 7.15. The van der Waals surface area contributed by atoms with Crippen molar-refractivity contribution in [3.05, 3.63) is 16.0 Å². The van der Waals surface area contributed by atoms with E-state index in [1.54, 1.807) is 0 Å². The monoisotopic (exact) mass is 311 g/mol. The maximum absolute atomic E-state index is 11.9. The number of carbonyl (C=O) groups is 2. The van der Waals surface area contributed by atoms with Gasteiger partial charge in [-0.15, -0.1) is 11.3 Å². The fourth-order valence-electron chi connectivity index (χ4n) is 2.39. The van der Waals surface area contributed by atoms with Crippen LogP contribution in [0.1, 0.15) is 60.8 Å². The summed E-state index contributed by atoms with van der Waals surface area (Å²) in [5.41, 5.74) is 0.660. The van der Waals surface area contributed by atoms with Crippen molar-refractivity contribution < 1.29 is 19.4 Å². The Bertz CT molecular complexity index is 562. The molecule has 116 valence electrons. The number of rotatable bonds is 5. The van der Waals surface area contributed by atoms with E-state index in [1.807, 2.05) is 20.8 Å². The zero-order valence-corrected chi connectivity index (χ0v) is 13.4. The van der Waals surface area contributed by atoms with Gasteiger partial charge in [0.2, 0.25) is 5.91 Å². The number of anilines is 1. The average molecular weight is 311 g/mol. The molecular weight excluding hydrogens is 290 g/mol. The molecule has 0 aliphatic carbocycles. The minimum atomic E-state index is -0.990. The summed E-state index contributed by atoms with van der Waals surface area (Å²) < 4.78 is 5.71. The van der Waals surface area contributed by atoms with E-state index in [-0.39, 0.29) is 17.1 Å². The van der Waals surface area contributed by atoms with Crippen LogP contribution in [0.2, 0.25) is 0 Å². The normalized spacial score (nSPS) is 16.3. The van der Waals surface area contributed by atoms with Gasteiger partial charge in [0.25, 0.3) is 0 Å². The minimum Gasteiger partial charge on any atom is -0.478 e. The van der Waals surface area contributed by atoms with Crippen molar-refractivity contribution in [1.29, 1.82) is 0 Å². The van der Waals surface area contributed by atoms with E-state index in [0.717, 1.165) is 23.3 Å². The van der Waals surface area contributed by atoms with E-state index in [0.29, 0.717) is 24.4 Å². The van der Waals surface area contributed by atoms with Gasteiger partial charge in [-0.2, -0.15) is 0 Å². The number of amides is 1. The predicted octanol–water partition coefficient (Wildman–Crippen LogP) is 3.43. The molecule has 0 bridgehead atoms. The SMILES string of the molecule is CCCCC(=O)Nc1sc2c(c1C(=O)O)CC(C)(C)OC2. The third-order valence-corrected chi connectivity index (χ3v) is 4.63. The largest absolute Gasteiger partial charge is 0.478 e. The fraction of sp³-hybridized carbons (Fsp3) is 0.600. The van der Waals surface area contributed by atoms with Crippen molar-refractivity contribution in [3.63, 3.8) is 0 Å². The number of thiophene rings is 1. The maximum atomic E-state index is 11.9. The van der Waals surface area contributed by atoms with E-state index in [1.165, 1.54) is 11.3 Å². The molecule has 0 spiro atoms. The van der Waals surface area contributed by atoms with Crippen molar-refractivity contribution >= 4 is 28.2 Å². The van der Waals surface area contributed by atoms with Crippen LogP contribution in [-0.4, -0.2) is 22.6 Å². The molecule has 6 heteroatoms. The highest BCUT2D eigenvalue weighted by Crippen LogP contribution is 2.40. The molecule has 2 rings (SSSR count). The molecule has 5 nitrogen and oxygen atoms in total. The van der Waals surface area contributed by atoms with E-state index >= 15 is 0 Å². The molecule has 0 radical (unpaired) electrons. The second-order valence-electron chi connectivity index (χ2n) is 5.89. The van der Waals surface area contributed by atoms with Crippen LogP contribution in [-0.2, 0) is 22.6 Å². The number of ether oxygens (including phenoxy) is 1. The number of aromatic carboxylic acids is 1. The molecule has 0 atom stereocenters. The van der Waals surface area contributed by atoms with E-state index in [4.69, 9.17) is 4.74 Å². The number of carboxylic acids is 1. The van der Waals surface area contributed by atoms with Gasteiger partial charge >= 0.3 is 5.97 Å². The second kappa shape index (κ2) is 6.15. The first-order valence-corrected chi connectivity index (χ1v) is 7.97. The lowest BCUT2D eigenvalue weighted by molar-refractivity contribution is -0.116. The number of nitrogens with one attached hydrogen (secondary N) is 1. The summed E-state index contributed by atoms with van der Waals surface area (Å²) in [7, 11) is 0. The van der Waals surface area contributed by atoms with Crippen molar-refractivity contribution in [2.24, 2.45) is 0 Å². The van der Waals surface area contributed by atoms with Crippen molar-refractivity contribution in [3.8, 4) is 0 Å². The Labute approximate surface area is 128 Å². The zero-order chi connectivity index (χ0) is 15.6. The maximum Gasteiger partial charge on any atom is 0.339 e. The van der Waals surface area contributed by atoms with Crippen LogP contribution in [0.15, 0.2) is 0 Å². The molecule has 1 aromatic heterocycles. The van der Waals surface area contributed by atoms with Gasteiger partial charge in [-0.3, -0.25) is 4.79 Å². The number of carboxylic acid groups (broad SMARTS) is 1. The summed E-state index contributed by atoms with van der Waals surface area (Å²) in [5.74, 6) is -1.12. The van der Waals surface area contributed by atoms with Crippen LogP contribution in [0.3, 0.4) is 0 Å². The third kappa shape index (κ3) is 3.63. The van der Waals surface area contributed by atoms with Gasteiger partial charge in [0, 0.05) is 17.7 Å². The molecule has 1 amide bonds. The Morgan fingerprint density at radius 3 is 2.76 bits per heavy atom. The second-order valence-corrected chi connectivity index (χ2v) is 7.00. The lowest BCUT2D eigenvalue weighted by Crippen LogP contribution is -2.31. The smallest absolute Gasteiger partial charge is 0.339 e. The molecule has 0 saturated carbocycles. The minimum absolute atomic E-state index is 0.127. The Balaban J connectivity index is 2.28. The van der Waals surface area contributed by atoms with Crippen LogP contribution in [0.25, 0.3) is 0 Å². The summed E-state index contributed by atoms with van der Waals surface area (Å²) in [6.45, 7) is 6.30. The van der Waals surface area contributed by atoms with Gasteiger partial charge < -0.3 is 15.2 Å². The molecule has 0 aromatic carbocycles. The van der Waals surface area contributed by atoms with Crippen molar-refractivity contribution in [2.75, 3.05) is 5.32 Å². The lowest BCUT2D eigenvalue weighted by atomic mass is 9.93. The van der Waals surface area contributed by atoms with Crippen molar-refractivity contribution in [2.45, 2.75) is 58.7 Å². The van der Waals surface area contributed by atoms with Gasteiger partial charge in [0.1, 0.15) is 5.00 Å². The van der Waals surface area contributed by atoms with E-state index in [2.05, 4.69) is 5.32 Å². The predicted molar refractivity (Wildman–Crippen MR) is 82.0 cm³/mol. The summed E-state index contributed by atoms with van der Waals surface area (Å²) in [5, 5.41) is 12.7. The van der Waals surface area contributed by atoms with Crippen LogP contribution in [0, 0.1) is 0 Å².